The molecule has 1 saturated carbocycles. The molecule has 3 rings (SSSR count). The Bertz CT molecular complexity index is 713. The molecule has 0 radical (unpaired) electrons. The molecule has 3 atom stereocenters. The Morgan fingerprint density at radius 3 is 2.55 bits per heavy atom. The van der Waals surface area contributed by atoms with E-state index in [1.54, 1.807) is 0 Å². The van der Waals surface area contributed by atoms with E-state index in [0.29, 0.717) is 39.3 Å². The standard InChI is InChI=1S/C22H29N3O4/c23-14-18(16-29-15-17-6-2-1-3-7-17)24-21(26)19-8-4-5-9-20(19)22(27)25-10-12-28-13-11-25/h1-3,6-7,18-20H,4-5,8-13,15-16H2,(H,24,26). The molecule has 0 bridgehead atoms. The van der Waals surface area contributed by atoms with Gasteiger partial charge in [-0.2, -0.15) is 5.26 Å². The van der Waals surface area contributed by atoms with Crippen LogP contribution in [0.25, 0.3) is 0 Å². The van der Waals surface area contributed by atoms with Crippen LogP contribution in [0.5, 0.6) is 0 Å². The van der Waals surface area contributed by atoms with Crippen molar-refractivity contribution in [1.29, 1.82) is 5.26 Å². The van der Waals surface area contributed by atoms with Gasteiger partial charge >= 0.3 is 0 Å². The summed E-state index contributed by atoms with van der Waals surface area (Å²) in [4.78, 5) is 27.6. The summed E-state index contributed by atoms with van der Waals surface area (Å²) < 4.78 is 10.9. The van der Waals surface area contributed by atoms with Crippen molar-refractivity contribution in [3.8, 4) is 6.07 Å². The van der Waals surface area contributed by atoms with E-state index in [4.69, 9.17) is 9.47 Å². The number of nitrogens with zero attached hydrogens (tertiary/aromatic N) is 2. The zero-order valence-electron chi connectivity index (χ0n) is 16.7. The van der Waals surface area contributed by atoms with Crippen LogP contribution in [0.15, 0.2) is 30.3 Å². The van der Waals surface area contributed by atoms with Crippen LogP contribution in [-0.2, 0) is 25.7 Å². The lowest BCUT2D eigenvalue weighted by Gasteiger charge is -2.35. The van der Waals surface area contributed by atoms with Crippen molar-refractivity contribution in [1.82, 2.24) is 10.2 Å². The first-order chi connectivity index (χ1) is 14.2. The Hall–Kier alpha value is -2.43. The summed E-state index contributed by atoms with van der Waals surface area (Å²) >= 11 is 0. The molecular formula is C22H29N3O4. The normalized spacial score (nSPS) is 23.1. The Labute approximate surface area is 172 Å². The third kappa shape index (κ3) is 6.02. The third-order valence-corrected chi connectivity index (χ3v) is 5.61. The molecule has 1 heterocycles. The minimum Gasteiger partial charge on any atom is -0.378 e. The Morgan fingerprint density at radius 2 is 1.86 bits per heavy atom. The highest BCUT2D eigenvalue weighted by Crippen LogP contribution is 2.32. The largest absolute Gasteiger partial charge is 0.378 e. The van der Waals surface area contributed by atoms with Gasteiger partial charge in [0.25, 0.3) is 0 Å². The quantitative estimate of drug-likeness (QED) is 0.756. The first-order valence-corrected chi connectivity index (χ1v) is 10.4. The van der Waals surface area contributed by atoms with Gasteiger partial charge in [-0.25, -0.2) is 0 Å². The molecule has 29 heavy (non-hydrogen) atoms. The van der Waals surface area contributed by atoms with Gasteiger partial charge in [-0.15, -0.1) is 0 Å². The summed E-state index contributed by atoms with van der Waals surface area (Å²) in [6.45, 7) is 2.76. The topological polar surface area (TPSA) is 91.7 Å². The maximum Gasteiger partial charge on any atom is 0.226 e. The van der Waals surface area contributed by atoms with E-state index >= 15 is 0 Å². The highest BCUT2D eigenvalue weighted by atomic mass is 16.5. The summed E-state index contributed by atoms with van der Waals surface area (Å²) in [5.74, 6) is -0.872. The molecule has 7 heteroatoms. The summed E-state index contributed by atoms with van der Waals surface area (Å²) in [5, 5.41) is 12.2. The predicted molar refractivity (Wildman–Crippen MR) is 106 cm³/mol. The van der Waals surface area contributed by atoms with Crippen LogP contribution >= 0.6 is 0 Å². The van der Waals surface area contributed by atoms with Crippen LogP contribution in [0.4, 0.5) is 0 Å². The van der Waals surface area contributed by atoms with Crippen molar-refractivity contribution in [3.05, 3.63) is 35.9 Å². The molecule has 1 aliphatic heterocycles. The maximum atomic E-state index is 13.0. The van der Waals surface area contributed by atoms with Gasteiger partial charge in [-0.3, -0.25) is 9.59 Å². The van der Waals surface area contributed by atoms with Crippen LogP contribution in [-0.4, -0.2) is 55.7 Å². The zero-order valence-corrected chi connectivity index (χ0v) is 16.7. The van der Waals surface area contributed by atoms with E-state index in [1.165, 1.54) is 0 Å². The van der Waals surface area contributed by atoms with Gasteiger partial charge in [-0.05, 0) is 18.4 Å². The fourth-order valence-electron chi connectivity index (χ4n) is 4.02. The minimum absolute atomic E-state index is 0.0435. The number of rotatable bonds is 7. The Balaban J connectivity index is 1.53. The number of nitrogens with one attached hydrogen (secondary N) is 1. The average Bonchev–Trinajstić information content (AvgIpc) is 2.79. The van der Waals surface area contributed by atoms with Crippen molar-refractivity contribution in [3.63, 3.8) is 0 Å². The smallest absolute Gasteiger partial charge is 0.226 e. The number of morpholine rings is 1. The molecule has 0 spiro atoms. The molecule has 2 amide bonds. The molecule has 7 nitrogen and oxygen atoms in total. The number of nitriles is 1. The van der Waals surface area contributed by atoms with Crippen molar-refractivity contribution in [2.75, 3.05) is 32.9 Å². The molecule has 3 unspecified atom stereocenters. The molecule has 0 aromatic heterocycles. The highest BCUT2D eigenvalue weighted by Gasteiger charge is 2.38. The molecule has 1 aromatic carbocycles. The minimum atomic E-state index is -0.729. The Kier molecular flexibility index (Phi) is 8.03. The molecule has 1 saturated heterocycles. The fraction of sp³-hybridized carbons (Fsp3) is 0.591. The lowest BCUT2D eigenvalue weighted by Crippen LogP contribution is -2.50. The maximum absolute atomic E-state index is 13.0. The van der Waals surface area contributed by atoms with E-state index in [-0.39, 0.29) is 30.3 Å². The number of hydrogen-bond donors (Lipinski definition) is 1. The van der Waals surface area contributed by atoms with Gasteiger partial charge in [0.1, 0.15) is 6.04 Å². The van der Waals surface area contributed by atoms with E-state index < -0.39 is 6.04 Å². The number of benzene rings is 1. The van der Waals surface area contributed by atoms with Crippen molar-refractivity contribution in [2.45, 2.75) is 38.3 Å². The first-order valence-electron chi connectivity index (χ1n) is 10.4. The molecule has 1 aromatic rings. The first kappa shape index (κ1) is 21.3. The average molecular weight is 399 g/mol. The second kappa shape index (κ2) is 10.9. The lowest BCUT2D eigenvalue weighted by atomic mass is 9.77. The van der Waals surface area contributed by atoms with Gasteiger partial charge in [0.15, 0.2) is 0 Å². The van der Waals surface area contributed by atoms with Crippen LogP contribution in [0.1, 0.15) is 31.2 Å². The van der Waals surface area contributed by atoms with Crippen molar-refractivity contribution >= 4 is 11.8 Å². The predicted octanol–water partition coefficient (Wildman–Crippen LogP) is 1.88. The van der Waals surface area contributed by atoms with E-state index in [9.17, 15) is 14.9 Å². The van der Waals surface area contributed by atoms with E-state index in [0.717, 1.165) is 24.8 Å². The number of carbonyl (C=O) groups excluding carboxylic acids is 2. The second-order valence-corrected chi connectivity index (χ2v) is 7.63. The molecular weight excluding hydrogens is 370 g/mol. The van der Waals surface area contributed by atoms with Gasteiger partial charge in [0.2, 0.25) is 11.8 Å². The van der Waals surface area contributed by atoms with Gasteiger partial charge in [0.05, 0.1) is 32.5 Å². The molecule has 2 fully saturated rings. The monoisotopic (exact) mass is 399 g/mol. The third-order valence-electron chi connectivity index (χ3n) is 5.61. The summed E-state index contributed by atoms with van der Waals surface area (Å²) in [7, 11) is 0. The molecule has 2 aliphatic rings. The summed E-state index contributed by atoms with van der Waals surface area (Å²) in [5.41, 5.74) is 1.01. The van der Waals surface area contributed by atoms with Crippen molar-refractivity contribution in [2.24, 2.45) is 11.8 Å². The number of carbonyl (C=O) groups is 2. The molecule has 156 valence electrons. The van der Waals surface area contributed by atoms with Gasteiger partial charge in [-0.1, -0.05) is 43.2 Å². The van der Waals surface area contributed by atoms with Crippen LogP contribution in [0.3, 0.4) is 0 Å². The van der Waals surface area contributed by atoms with E-state index in [1.807, 2.05) is 35.2 Å². The second-order valence-electron chi connectivity index (χ2n) is 7.63. The fourth-order valence-corrected chi connectivity index (χ4v) is 4.02. The van der Waals surface area contributed by atoms with Crippen LogP contribution < -0.4 is 5.32 Å². The van der Waals surface area contributed by atoms with Gasteiger partial charge in [0, 0.05) is 24.9 Å². The molecule has 1 aliphatic carbocycles. The summed E-state index contributed by atoms with van der Waals surface area (Å²) in [6.07, 6.45) is 3.27. The number of amides is 2. The zero-order chi connectivity index (χ0) is 20.5. The SMILES string of the molecule is N#CC(COCc1ccccc1)NC(=O)C1CCCCC1C(=O)N1CCOCC1. The van der Waals surface area contributed by atoms with E-state index in [2.05, 4.69) is 11.4 Å². The number of ether oxygens (including phenoxy) is 2. The summed E-state index contributed by atoms with van der Waals surface area (Å²) in [6, 6.07) is 11.1. The van der Waals surface area contributed by atoms with Gasteiger partial charge < -0.3 is 19.7 Å². The van der Waals surface area contributed by atoms with Crippen LogP contribution in [0.2, 0.25) is 0 Å². The lowest BCUT2D eigenvalue weighted by molar-refractivity contribution is -0.147. The number of hydrogen-bond acceptors (Lipinski definition) is 5. The van der Waals surface area contributed by atoms with Crippen molar-refractivity contribution < 1.29 is 19.1 Å². The Morgan fingerprint density at radius 1 is 1.17 bits per heavy atom. The molecule has 1 N–H and O–H groups in total. The van der Waals surface area contributed by atoms with Crippen LogP contribution in [0, 0.1) is 23.2 Å². The highest BCUT2D eigenvalue weighted by molar-refractivity contribution is 5.88.